The van der Waals surface area contributed by atoms with Gasteiger partial charge in [-0.1, -0.05) is 17.7 Å². The zero-order chi connectivity index (χ0) is 15.4. The summed E-state index contributed by atoms with van der Waals surface area (Å²) in [4.78, 5) is 11.9. The lowest BCUT2D eigenvalue weighted by molar-refractivity contribution is -0.115. The van der Waals surface area contributed by atoms with Crippen LogP contribution in [-0.4, -0.2) is 19.2 Å². The molecule has 0 saturated heterocycles. The number of carbonyl (C=O) groups excluding carboxylic acids is 1. The van der Waals surface area contributed by atoms with E-state index in [1.165, 1.54) is 0 Å². The molecule has 2 N–H and O–H groups in total. The van der Waals surface area contributed by atoms with Crippen molar-refractivity contribution in [3.8, 4) is 11.5 Å². The fraction of sp³-hybridized carbons (Fsp3) is 0.188. The number of halogens is 1. The van der Waals surface area contributed by atoms with Crippen molar-refractivity contribution in [2.24, 2.45) is 0 Å². The number of amides is 1. The standard InChI is InChI=1S/C16H15ClN2O3/c17-11-2-1-3-12(8-11)18-7-6-16(20)19-13-4-5-14-15(9-13)22-10-21-14/h1-5,8-9,18H,6-7,10H2,(H,19,20). The molecule has 1 heterocycles. The first kappa shape index (κ1) is 14.5. The monoisotopic (exact) mass is 318 g/mol. The fourth-order valence-corrected chi connectivity index (χ4v) is 2.31. The molecule has 1 amide bonds. The molecule has 6 heteroatoms. The zero-order valence-corrected chi connectivity index (χ0v) is 12.5. The van der Waals surface area contributed by atoms with Crippen LogP contribution in [0.4, 0.5) is 11.4 Å². The van der Waals surface area contributed by atoms with Crippen LogP contribution in [-0.2, 0) is 4.79 Å². The van der Waals surface area contributed by atoms with Crippen molar-refractivity contribution in [2.75, 3.05) is 24.0 Å². The highest BCUT2D eigenvalue weighted by Crippen LogP contribution is 2.34. The van der Waals surface area contributed by atoms with E-state index in [2.05, 4.69) is 10.6 Å². The van der Waals surface area contributed by atoms with E-state index < -0.39 is 0 Å². The third-order valence-corrected chi connectivity index (χ3v) is 3.40. The average Bonchev–Trinajstić information content (AvgIpc) is 2.95. The van der Waals surface area contributed by atoms with Gasteiger partial charge in [0.25, 0.3) is 0 Å². The van der Waals surface area contributed by atoms with Crippen molar-refractivity contribution in [3.63, 3.8) is 0 Å². The molecular weight excluding hydrogens is 304 g/mol. The maximum atomic E-state index is 11.9. The Morgan fingerprint density at radius 1 is 1.09 bits per heavy atom. The maximum absolute atomic E-state index is 11.9. The summed E-state index contributed by atoms with van der Waals surface area (Å²) in [5.41, 5.74) is 1.58. The minimum absolute atomic E-state index is 0.0756. The second-order valence-electron chi connectivity index (χ2n) is 4.80. The van der Waals surface area contributed by atoms with E-state index in [0.29, 0.717) is 35.2 Å². The molecule has 1 aliphatic rings. The average molecular weight is 319 g/mol. The van der Waals surface area contributed by atoms with E-state index in [9.17, 15) is 4.79 Å². The molecule has 2 aromatic carbocycles. The number of carbonyl (C=O) groups is 1. The molecule has 3 rings (SSSR count). The number of fused-ring (bicyclic) bond motifs is 1. The molecular formula is C16H15ClN2O3. The van der Waals surface area contributed by atoms with Crippen LogP contribution in [0.5, 0.6) is 11.5 Å². The summed E-state index contributed by atoms with van der Waals surface area (Å²) in [6, 6.07) is 12.7. The van der Waals surface area contributed by atoms with Crippen molar-refractivity contribution in [3.05, 3.63) is 47.5 Å². The molecule has 0 saturated carbocycles. The summed E-state index contributed by atoms with van der Waals surface area (Å²) in [6.45, 7) is 0.743. The van der Waals surface area contributed by atoms with Crippen molar-refractivity contribution in [1.82, 2.24) is 0 Å². The molecule has 114 valence electrons. The first-order valence-corrected chi connectivity index (χ1v) is 7.27. The third kappa shape index (κ3) is 3.62. The molecule has 22 heavy (non-hydrogen) atoms. The Kier molecular flexibility index (Phi) is 4.34. The molecule has 5 nitrogen and oxygen atoms in total. The van der Waals surface area contributed by atoms with E-state index in [-0.39, 0.29) is 12.7 Å². The number of anilines is 2. The molecule has 0 radical (unpaired) electrons. The molecule has 0 fully saturated rings. The van der Waals surface area contributed by atoms with Crippen LogP contribution in [0.2, 0.25) is 5.02 Å². The first-order valence-electron chi connectivity index (χ1n) is 6.90. The van der Waals surface area contributed by atoms with Gasteiger partial charge >= 0.3 is 0 Å². The number of benzene rings is 2. The topological polar surface area (TPSA) is 59.6 Å². The van der Waals surface area contributed by atoms with Gasteiger partial charge in [-0.3, -0.25) is 4.79 Å². The maximum Gasteiger partial charge on any atom is 0.231 e. The Bertz CT molecular complexity index is 691. The Morgan fingerprint density at radius 3 is 2.82 bits per heavy atom. The van der Waals surface area contributed by atoms with E-state index in [1.807, 2.05) is 18.2 Å². The second-order valence-corrected chi connectivity index (χ2v) is 5.24. The van der Waals surface area contributed by atoms with Crippen molar-refractivity contribution >= 4 is 28.9 Å². The lowest BCUT2D eigenvalue weighted by atomic mass is 10.2. The summed E-state index contributed by atoms with van der Waals surface area (Å²) in [5, 5.41) is 6.64. The van der Waals surface area contributed by atoms with Gasteiger partial charge in [0.15, 0.2) is 11.5 Å². The van der Waals surface area contributed by atoms with Crippen molar-refractivity contribution < 1.29 is 14.3 Å². The van der Waals surface area contributed by atoms with Gasteiger partial charge in [-0.25, -0.2) is 0 Å². The number of nitrogens with one attached hydrogen (secondary N) is 2. The SMILES string of the molecule is O=C(CCNc1cccc(Cl)c1)Nc1ccc2c(c1)OCO2. The van der Waals surface area contributed by atoms with Crippen LogP contribution >= 0.6 is 11.6 Å². The van der Waals surface area contributed by atoms with Crippen molar-refractivity contribution in [1.29, 1.82) is 0 Å². The third-order valence-electron chi connectivity index (χ3n) is 3.16. The lowest BCUT2D eigenvalue weighted by Crippen LogP contribution is -2.16. The summed E-state index contributed by atoms with van der Waals surface area (Å²) in [5.74, 6) is 1.27. The highest BCUT2D eigenvalue weighted by Gasteiger charge is 2.13. The van der Waals surface area contributed by atoms with Crippen LogP contribution in [0.15, 0.2) is 42.5 Å². The molecule has 2 aromatic rings. The van der Waals surface area contributed by atoms with E-state index in [1.54, 1.807) is 24.3 Å². The highest BCUT2D eigenvalue weighted by atomic mass is 35.5. The summed E-state index contributed by atoms with van der Waals surface area (Å²) < 4.78 is 10.5. The molecule has 0 atom stereocenters. The Balaban J connectivity index is 1.48. The first-order chi connectivity index (χ1) is 10.7. The number of ether oxygens (including phenoxy) is 2. The van der Waals surface area contributed by atoms with E-state index in [0.717, 1.165) is 5.69 Å². The van der Waals surface area contributed by atoms with Gasteiger partial charge in [0.2, 0.25) is 12.7 Å². The summed E-state index contributed by atoms with van der Waals surface area (Å²) >= 11 is 5.90. The molecule has 0 aliphatic carbocycles. The fourth-order valence-electron chi connectivity index (χ4n) is 2.12. The smallest absolute Gasteiger partial charge is 0.231 e. The largest absolute Gasteiger partial charge is 0.454 e. The van der Waals surface area contributed by atoms with Crippen LogP contribution in [0.25, 0.3) is 0 Å². The normalized spacial score (nSPS) is 12.0. The van der Waals surface area contributed by atoms with Gasteiger partial charge in [0.05, 0.1) is 0 Å². The summed E-state index contributed by atoms with van der Waals surface area (Å²) in [7, 11) is 0. The van der Waals surface area contributed by atoms with Gasteiger partial charge in [-0.15, -0.1) is 0 Å². The predicted octanol–water partition coefficient (Wildman–Crippen LogP) is 3.51. The van der Waals surface area contributed by atoms with Gasteiger partial charge in [0.1, 0.15) is 0 Å². The van der Waals surface area contributed by atoms with Gasteiger partial charge < -0.3 is 20.1 Å². The molecule has 0 aromatic heterocycles. The minimum Gasteiger partial charge on any atom is -0.454 e. The Morgan fingerprint density at radius 2 is 1.95 bits per heavy atom. The van der Waals surface area contributed by atoms with Crippen LogP contribution < -0.4 is 20.1 Å². The van der Waals surface area contributed by atoms with Crippen molar-refractivity contribution in [2.45, 2.75) is 6.42 Å². The van der Waals surface area contributed by atoms with E-state index >= 15 is 0 Å². The molecule has 1 aliphatic heterocycles. The van der Waals surface area contributed by atoms with Crippen LogP contribution in [0.3, 0.4) is 0 Å². The van der Waals surface area contributed by atoms with Crippen LogP contribution in [0, 0.1) is 0 Å². The Labute approximate surface area is 133 Å². The van der Waals surface area contributed by atoms with Gasteiger partial charge in [-0.05, 0) is 30.3 Å². The van der Waals surface area contributed by atoms with Gasteiger partial charge in [0, 0.05) is 35.4 Å². The lowest BCUT2D eigenvalue weighted by Gasteiger charge is -2.08. The molecule has 0 spiro atoms. The second kappa shape index (κ2) is 6.58. The quantitative estimate of drug-likeness (QED) is 0.885. The molecule has 0 unspecified atom stereocenters. The highest BCUT2D eigenvalue weighted by molar-refractivity contribution is 6.30. The van der Waals surface area contributed by atoms with Gasteiger partial charge in [-0.2, -0.15) is 0 Å². The van der Waals surface area contributed by atoms with E-state index in [4.69, 9.17) is 21.1 Å². The number of hydrogen-bond donors (Lipinski definition) is 2. The predicted molar refractivity (Wildman–Crippen MR) is 85.8 cm³/mol. The van der Waals surface area contributed by atoms with Crippen LogP contribution in [0.1, 0.15) is 6.42 Å². The number of rotatable bonds is 5. The summed E-state index contributed by atoms with van der Waals surface area (Å²) in [6.07, 6.45) is 0.348. The molecule has 0 bridgehead atoms. The Hall–Kier alpha value is -2.40. The number of hydrogen-bond acceptors (Lipinski definition) is 4. The minimum atomic E-state index is -0.0756. The zero-order valence-electron chi connectivity index (χ0n) is 11.8.